The number of hydrogen-bond donors (Lipinski definition) is 1. The Labute approximate surface area is 96.1 Å². The number of aromatic amines is 1. The molecule has 76 valence electrons. The van der Waals surface area contributed by atoms with Crippen molar-refractivity contribution in [2.24, 2.45) is 0 Å². The number of benzene rings is 1. The molecule has 2 nitrogen and oxygen atoms in total. The van der Waals surface area contributed by atoms with Gasteiger partial charge in [-0.1, -0.05) is 46.3 Å². The molecule has 0 saturated carbocycles. The Kier molecular flexibility index (Phi) is 3.02. The topological polar surface area (TPSA) is 32.9 Å². The van der Waals surface area contributed by atoms with Gasteiger partial charge in [0.25, 0.3) is 5.56 Å². The summed E-state index contributed by atoms with van der Waals surface area (Å²) in [4.78, 5) is 14.2. The molecule has 0 radical (unpaired) electrons. The fraction of sp³-hybridized carbons (Fsp3) is 0.0833. The Balaban J connectivity index is 2.37. The van der Waals surface area contributed by atoms with Crippen LogP contribution in [0.1, 0.15) is 11.1 Å². The van der Waals surface area contributed by atoms with Gasteiger partial charge in [0.15, 0.2) is 0 Å². The summed E-state index contributed by atoms with van der Waals surface area (Å²) < 4.78 is 0.857. The lowest BCUT2D eigenvalue weighted by Crippen LogP contribution is -2.12. The van der Waals surface area contributed by atoms with E-state index in [-0.39, 0.29) is 5.56 Å². The van der Waals surface area contributed by atoms with E-state index >= 15 is 0 Å². The monoisotopic (exact) mass is 263 g/mol. The summed E-state index contributed by atoms with van der Waals surface area (Å²) in [5, 5.41) is 0. The Bertz CT molecular complexity index is 505. The Hall–Kier alpha value is -1.35. The fourth-order valence-corrected chi connectivity index (χ4v) is 1.90. The Morgan fingerprint density at radius 3 is 2.53 bits per heavy atom. The van der Waals surface area contributed by atoms with Gasteiger partial charge < -0.3 is 4.98 Å². The molecule has 0 bridgehead atoms. The van der Waals surface area contributed by atoms with E-state index in [4.69, 9.17) is 0 Å². The van der Waals surface area contributed by atoms with Crippen molar-refractivity contribution < 1.29 is 0 Å². The number of halogens is 1. The SMILES string of the molecule is O=c1[nH]ccc(Br)c1Cc1ccccc1. The summed E-state index contributed by atoms with van der Waals surface area (Å²) in [6, 6.07) is 11.8. The average molecular weight is 264 g/mol. The van der Waals surface area contributed by atoms with Crippen LogP contribution in [0.5, 0.6) is 0 Å². The molecule has 1 heterocycles. The van der Waals surface area contributed by atoms with Crippen LogP contribution in [0, 0.1) is 0 Å². The van der Waals surface area contributed by atoms with Crippen LogP contribution in [0.15, 0.2) is 51.9 Å². The molecule has 0 atom stereocenters. The highest BCUT2D eigenvalue weighted by molar-refractivity contribution is 9.10. The van der Waals surface area contributed by atoms with Gasteiger partial charge in [-0.15, -0.1) is 0 Å². The summed E-state index contributed by atoms with van der Waals surface area (Å²) in [7, 11) is 0. The van der Waals surface area contributed by atoms with Crippen LogP contribution in [0.4, 0.5) is 0 Å². The zero-order valence-electron chi connectivity index (χ0n) is 8.03. The molecule has 0 spiro atoms. The molecule has 15 heavy (non-hydrogen) atoms. The molecule has 0 amide bonds. The van der Waals surface area contributed by atoms with E-state index < -0.39 is 0 Å². The maximum atomic E-state index is 11.6. The summed E-state index contributed by atoms with van der Waals surface area (Å²) in [5.41, 5.74) is 1.87. The van der Waals surface area contributed by atoms with E-state index in [0.29, 0.717) is 6.42 Å². The summed E-state index contributed by atoms with van der Waals surface area (Å²) in [6.45, 7) is 0. The molecule has 0 fully saturated rings. The smallest absolute Gasteiger partial charge is 0.252 e. The van der Waals surface area contributed by atoms with Crippen molar-refractivity contribution >= 4 is 15.9 Å². The minimum Gasteiger partial charge on any atom is -0.329 e. The Morgan fingerprint density at radius 1 is 1.13 bits per heavy atom. The van der Waals surface area contributed by atoms with Gasteiger partial charge >= 0.3 is 0 Å². The molecular weight excluding hydrogens is 254 g/mol. The maximum Gasteiger partial charge on any atom is 0.252 e. The second-order valence-electron chi connectivity index (χ2n) is 3.30. The van der Waals surface area contributed by atoms with Crippen LogP contribution >= 0.6 is 15.9 Å². The van der Waals surface area contributed by atoms with E-state index in [1.807, 2.05) is 36.4 Å². The van der Waals surface area contributed by atoms with Crippen LogP contribution in [0.2, 0.25) is 0 Å². The molecule has 2 aromatic rings. The van der Waals surface area contributed by atoms with Crippen molar-refractivity contribution in [3.63, 3.8) is 0 Å². The zero-order chi connectivity index (χ0) is 10.7. The predicted octanol–water partition coefficient (Wildman–Crippen LogP) is 2.73. The van der Waals surface area contributed by atoms with Gasteiger partial charge in [-0.05, 0) is 11.6 Å². The number of pyridine rings is 1. The third kappa shape index (κ3) is 2.36. The van der Waals surface area contributed by atoms with Gasteiger partial charge in [-0.2, -0.15) is 0 Å². The van der Waals surface area contributed by atoms with Crippen LogP contribution in [-0.2, 0) is 6.42 Å². The molecule has 3 heteroatoms. The van der Waals surface area contributed by atoms with Crippen molar-refractivity contribution in [2.75, 3.05) is 0 Å². The first-order valence-corrected chi connectivity index (χ1v) is 5.46. The second kappa shape index (κ2) is 4.45. The lowest BCUT2D eigenvalue weighted by atomic mass is 10.1. The van der Waals surface area contributed by atoms with Crippen molar-refractivity contribution in [2.45, 2.75) is 6.42 Å². The number of rotatable bonds is 2. The molecule has 0 aliphatic heterocycles. The average Bonchev–Trinajstić information content (AvgIpc) is 2.25. The van der Waals surface area contributed by atoms with Crippen molar-refractivity contribution in [1.82, 2.24) is 4.98 Å². The molecular formula is C12H10BrNO. The molecule has 0 saturated heterocycles. The fourth-order valence-electron chi connectivity index (χ4n) is 1.45. The van der Waals surface area contributed by atoms with E-state index in [0.717, 1.165) is 15.6 Å². The second-order valence-corrected chi connectivity index (χ2v) is 4.15. The van der Waals surface area contributed by atoms with Gasteiger partial charge in [0.1, 0.15) is 0 Å². The van der Waals surface area contributed by atoms with Crippen LogP contribution in [0.3, 0.4) is 0 Å². The van der Waals surface area contributed by atoms with Crippen molar-refractivity contribution in [3.05, 3.63) is 68.5 Å². The molecule has 0 unspecified atom stereocenters. The molecule has 1 N–H and O–H groups in total. The Morgan fingerprint density at radius 2 is 1.87 bits per heavy atom. The highest BCUT2D eigenvalue weighted by Gasteiger charge is 2.04. The molecule has 0 aliphatic rings. The van der Waals surface area contributed by atoms with Crippen molar-refractivity contribution in [1.29, 1.82) is 0 Å². The zero-order valence-corrected chi connectivity index (χ0v) is 9.62. The van der Waals surface area contributed by atoms with E-state index in [2.05, 4.69) is 20.9 Å². The van der Waals surface area contributed by atoms with Gasteiger partial charge in [0.2, 0.25) is 0 Å². The third-order valence-corrected chi connectivity index (χ3v) is 2.97. The molecule has 1 aromatic heterocycles. The molecule has 2 rings (SSSR count). The first-order valence-electron chi connectivity index (χ1n) is 4.67. The minimum absolute atomic E-state index is 0.0340. The van der Waals surface area contributed by atoms with Gasteiger partial charge in [-0.25, -0.2) is 0 Å². The predicted molar refractivity (Wildman–Crippen MR) is 64.0 cm³/mol. The molecule has 0 aliphatic carbocycles. The number of H-pyrrole nitrogens is 1. The third-order valence-electron chi connectivity index (χ3n) is 2.23. The molecule has 1 aromatic carbocycles. The van der Waals surface area contributed by atoms with Gasteiger partial charge in [-0.3, -0.25) is 4.79 Å². The van der Waals surface area contributed by atoms with E-state index in [9.17, 15) is 4.79 Å². The maximum absolute atomic E-state index is 11.6. The van der Waals surface area contributed by atoms with Gasteiger partial charge in [0, 0.05) is 22.7 Å². The number of hydrogen-bond acceptors (Lipinski definition) is 1. The number of aromatic nitrogens is 1. The normalized spacial score (nSPS) is 10.2. The summed E-state index contributed by atoms with van der Waals surface area (Å²) in [5.74, 6) is 0. The highest BCUT2D eigenvalue weighted by atomic mass is 79.9. The van der Waals surface area contributed by atoms with Crippen molar-refractivity contribution in [3.8, 4) is 0 Å². The first-order chi connectivity index (χ1) is 7.27. The van der Waals surface area contributed by atoms with Gasteiger partial charge in [0.05, 0.1) is 0 Å². The highest BCUT2D eigenvalue weighted by Crippen LogP contribution is 2.15. The quantitative estimate of drug-likeness (QED) is 0.888. The standard InChI is InChI=1S/C12H10BrNO/c13-11-6-7-14-12(15)10(11)8-9-4-2-1-3-5-9/h1-7H,8H2,(H,14,15). The van der Waals surface area contributed by atoms with Crippen LogP contribution in [-0.4, -0.2) is 4.98 Å². The minimum atomic E-state index is -0.0340. The van der Waals surface area contributed by atoms with Crippen LogP contribution in [0.25, 0.3) is 0 Å². The lowest BCUT2D eigenvalue weighted by molar-refractivity contribution is 1.08. The van der Waals surface area contributed by atoms with E-state index in [1.165, 1.54) is 0 Å². The van der Waals surface area contributed by atoms with Crippen LogP contribution < -0.4 is 5.56 Å². The largest absolute Gasteiger partial charge is 0.329 e. The summed E-state index contributed by atoms with van der Waals surface area (Å²) >= 11 is 3.38. The summed E-state index contributed by atoms with van der Waals surface area (Å²) in [6.07, 6.45) is 2.29. The lowest BCUT2D eigenvalue weighted by Gasteiger charge is -2.02. The van der Waals surface area contributed by atoms with E-state index in [1.54, 1.807) is 6.20 Å². The number of nitrogens with one attached hydrogen (secondary N) is 1. The first kappa shape index (κ1) is 10.2.